The summed E-state index contributed by atoms with van der Waals surface area (Å²) in [5.74, 6) is 1.78. The number of ether oxygens (including phenoxy) is 1. The molecule has 0 aliphatic carbocycles. The Kier molecular flexibility index (Phi) is 4.36. The van der Waals surface area contributed by atoms with Crippen molar-refractivity contribution in [3.63, 3.8) is 0 Å². The Labute approximate surface area is 107 Å². The van der Waals surface area contributed by atoms with Gasteiger partial charge in [0.1, 0.15) is 11.6 Å². The number of aromatic amines is 1. The number of nitrogens with zero attached hydrogens (tertiary/aromatic N) is 1. The fourth-order valence-corrected chi connectivity index (χ4v) is 1.79. The lowest BCUT2D eigenvalue weighted by Gasteiger charge is -2.12. The average molecular weight is 245 g/mol. The van der Waals surface area contributed by atoms with Crippen molar-refractivity contribution in [2.75, 3.05) is 6.61 Å². The van der Waals surface area contributed by atoms with Gasteiger partial charge in [-0.2, -0.15) is 0 Å². The first-order valence-corrected chi connectivity index (χ1v) is 6.26. The Hall–Kier alpha value is -1.81. The lowest BCUT2D eigenvalue weighted by atomic mass is 10.0. The molecule has 1 aromatic carbocycles. The summed E-state index contributed by atoms with van der Waals surface area (Å²) >= 11 is 0. The van der Waals surface area contributed by atoms with Gasteiger partial charge in [0.2, 0.25) is 0 Å². The van der Waals surface area contributed by atoms with Crippen LogP contribution in [-0.2, 0) is 6.42 Å². The molecule has 0 amide bonds. The van der Waals surface area contributed by atoms with Gasteiger partial charge in [-0.3, -0.25) is 0 Å². The molecule has 0 saturated heterocycles. The first kappa shape index (κ1) is 12.6. The van der Waals surface area contributed by atoms with Crippen LogP contribution in [0.1, 0.15) is 30.8 Å². The molecule has 96 valence electrons. The Morgan fingerprint density at radius 3 is 3.06 bits per heavy atom. The van der Waals surface area contributed by atoms with Crippen LogP contribution in [-0.4, -0.2) is 16.6 Å². The van der Waals surface area contributed by atoms with Crippen LogP contribution in [0.3, 0.4) is 0 Å². The molecule has 0 fully saturated rings. The van der Waals surface area contributed by atoms with Gasteiger partial charge in [-0.05, 0) is 24.1 Å². The van der Waals surface area contributed by atoms with E-state index in [0.717, 1.165) is 30.2 Å². The van der Waals surface area contributed by atoms with E-state index in [0.29, 0.717) is 6.42 Å². The molecule has 2 aromatic rings. The highest BCUT2D eigenvalue weighted by Gasteiger charge is 2.09. The summed E-state index contributed by atoms with van der Waals surface area (Å²) in [6.45, 7) is 2.82. The largest absolute Gasteiger partial charge is 0.494 e. The number of rotatable bonds is 6. The van der Waals surface area contributed by atoms with E-state index >= 15 is 0 Å². The number of hydrogen-bond donors (Lipinski definition) is 2. The van der Waals surface area contributed by atoms with E-state index in [-0.39, 0.29) is 6.04 Å². The van der Waals surface area contributed by atoms with Crippen LogP contribution in [0, 0.1) is 0 Å². The standard InChI is InChI=1S/C14H19N3O/c1-2-8-18-12-5-3-4-11(9-12)13(15)10-14-16-6-7-17-14/h3-7,9,13H,2,8,10,15H2,1H3,(H,16,17). The number of benzene rings is 1. The maximum Gasteiger partial charge on any atom is 0.119 e. The van der Waals surface area contributed by atoms with Gasteiger partial charge in [0.15, 0.2) is 0 Å². The van der Waals surface area contributed by atoms with Crippen LogP contribution in [0.5, 0.6) is 5.75 Å². The molecule has 1 aromatic heterocycles. The number of imidazole rings is 1. The van der Waals surface area contributed by atoms with Gasteiger partial charge in [0.05, 0.1) is 6.61 Å². The summed E-state index contributed by atoms with van der Waals surface area (Å²) in [4.78, 5) is 7.25. The molecule has 0 saturated carbocycles. The van der Waals surface area contributed by atoms with Crippen LogP contribution in [0.4, 0.5) is 0 Å². The highest BCUT2D eigenvalue weighted by atomic mass is 16.5. The number of nitrogens with one attached hydrogen (secondary N) is 1. The summed E-state index contributed by atoms with van der Waals surface area (Å²) < 4.78 is 5.60. The van der Waals surface area contributed by atoms with E-state index in [9.17, 15) is 0 Å². The van der Waals surface area contributed by atoms with E-state index in [1.54, 1.807) is 6.20 Å². The molecule has 0 aliphatic rings. The normalized spacial score (nSPS) is 12.3. The molecule has 0 bridgehead atoms. The van der Waals surface area contributed by atoms with Crippen molar-refractivity contribution in [1.82, 2.24) is 9.97 Å². The van der Waals surface area contributed by atoms with Gasteiger partial charge < -0.3 is 15.5 Å². The van der Waals surface area contributed by atoms with E-state index < -0.39 is 0 Å². The second-order valence-electron chi connectivity index (χ2n) is 4.27. The van der Waals surface area contributed by atoms with Crippen molar-refractivity contribution in [3.05, 3.63) is 48.0 Å². The highest BCUT2D eigenvalue weighted by molar-refractivity contribution is 5.30. The van der Waals surface area contributed by atoms with E-state index in [1.807, 2.05) is 30.5 Å². The average Bonchev–Trinajstić information content (AvgIpc) is 2.89. The Morgan fingerprint density at radius 2 is 2.33 bits per heavy atom. The minimum atomic E-state index is -0.0682. The molecule has 2 rings (SSSR count). The maximum absolute atomic E-state index is 6.17. The number of hydrogen-bond acceptors (Lipinski definition) is 3. The smallest absolute Gasteiger partial charge is 0.119 e. The topological polar surface area (TPSA) is 63.9 Å². The predicted molar refractivity (Wildman–Crippen MR) is 71.4 cm³/mol. The van der Waals surface area contributed by atoms with Crippen molar-refractivity contribution in [2.45, 2.75) is 25.8 Å². The van der Waals surface area contributed by atoms with Crippen LogP contribution < -0.4 is 10.5 Å². The van der Waals surface area contributed by atoms with E-state index in [2.05, 4.69) is 16.9 Å². The summed E-state index contributed by atoms with van der Waals surface area (Å²) in [5, 5.41) is 0. The van der Waals surface area contributed by atoms with Crippen molar-refractivity contribution < 1.29 is 4.74 Å². The zero-order chi connectivity index (χ0) is 12.8. The molecular formula is C14H19N3O. The first-order valence-electron chi connectivity index (χ1n) is 6.26. The first-order chi connectivity index (χ1) is 8.79. The third kappa shape index (κ3) is 3.34. The minimum absolute atomic E-state index is 0.0682. The summed E-state index contributed by atoms with van der Waals surface area (Å²) in [7, 11) is 0. The number of nitrogens with two attached hydrogens (primary N) is 1. The lowest BCUT2D eigenvalue weighted by molar-refractivity contribution is 0.317. The molecule has 4 nitrogen and oxygen atoms in total. The molecule has 1 unspecified atom stereocenters. The third-order valence-corrected chi connectivity index (χ3v) is 2.73. The quantitative estimate of drug-likeness (QED) is 0.821. The Morgan fingerprint density at radius 1 is 1.44 bits per heavy atom. The van der Waals surface area contributed by atoms with Crippen LogP contribution in [0.25, 0.3) is 0 Å². The molecule has 0 radical (unpaired) electrons. The van der Waals surface area contributed by atoms with Crippen molar-refractivity contribution >= 4 is 0 Å². The van der Waals surface area contributed by atoms with Crippen molar-refractivity contribution in [1.29, 1.82) is 0 Å². The zero-order valence-electron chi connectivity index (χ0n) is 10.6. The number of aromatic nitrogens is 2. The summed E-state index contributed by atoms with van der Waals surface area (Å²) in [5.41, 5.74) is 7.24. The molecule has 18 heavy (non-hydrogen) atoms. The Balaban J connectivity index is 2.03. The van der Waals surface area contributed by atoms with Crippen molar-refractivity contribution in [2.24, 2.45) is 5.73 Å². The Bertz CT molecular complexity index is 468. The van der Waals surface area contributed by atoms with Crippen LogP contribution in [0.2, 0.25) is 0 Å². The summed E-state index contributed by atoms with van der Waals surface area (Å²) in [6, 6.07) is 7.89. The van der Waals surface area contributed by atoms with Gasteiger partial charge >= 0.3 is 0 Å². The van der Waals surface area contributed by atoms with Crippen molar-refractivity contribution in [3.8, 4) is 5.75 Å². The predicted octanol–water partition coefficient (Wildman–Crippen LogP) is 2.44. The SMILES string of the molecule is CCCOc1cccc(C(N)Cc2ncc[nH]2)c1. The molecular weight excluding hydrogens is 226 g/mol. The second-order valence-corrected chi connectivity index (χ2v) is 4.27. The second kappa shape index (κ2) is 6.21. The third-order valence-electron chi connectivity index (χ3n) is 2.73. The zero-order valence-corrected chi connectivity index (χ0v) is 10.6. The van der Waals surface area contributed by atoms with E-state index in [1.165, 1.54) is 0 Å². The highest BCUT2D eigenvalue weighted by Crippen LogP contribution is 2.20. The van der Waals surface area contributed by atoms with E-state index in [4.69, 9.17) is 10.5 Å². The summed E-state index contributed by atoms with van der Waals surface area (Å²) in [6.07, 6.45) is 5.25. The fraction of sp³-hybridized carbons (Fsp3) is 0.357. The molecule has 1 heterocycles. The molecule has 1 atom stereocenters. The van der Waals surface area contributed by atoms with Crippen LogP contribution >= 0.6 is 0 Å². The van der Waals surface area contributed by atoms with Gasteiger partial charge in [-0.15, -0.1) is 0 Å². The van der Waals surface area contributed by atoms with Crippen LogP contribution in [0.15, 0.2) is 36.7 Å². The van der Waals surface area contributed by atoms with Gasteiger partial charge in [-0.25, -0.2) is 4.98 Å². The lowest BCUT2D eigenvalue weighted by Crippen LogP contribution is -2.14. The maximum atomic E-state index is 6.17. The minimum Gasteiger partial charge on any atom is -0.494 e. The molecule has 4 heteroatoms. The van der Waals surface area contributed by atoms with Gasteiger partial charge in [-0.1, -0.05) is 19.1 Å². The molecule has 0 spiro atoms. The number of H-pyrrole nitrogens is 1. The van der Waals surface area contributed by atoms with Gasteiger partial charge in [0, 0.05) is 24.9 Å². The van der Waals surface area contributed by atoms with Gasteiger partial charge in [0.25, 0.3) is 0 Å². The molecule has 3 N–H and O–H groups in total. The molecule has 0 aliphatic heterocycles. The monoisotopic (exact) mass is 245 g/mol. The fourth-order valence-electron chi connectivity index (χ4n) is 1.79.